The number of amides is 1. The number of carbonyl (C=O) groups excluding carboxylic acids is 1. The minimum atomic E-state index is -2.54. The summed E-state index contributed by atoms with van der Waals surface area (Å²) < 4.78 is 27.9. The molecule has 2 aromatic heterocycles. The van der Waals surface area contributed by atoms with Gasteiger partial charge in [-0.3, -0.25) is 9.59 Å². The summed E-state index contributed by atoms with van der Waals surface area (Å²) in [4.78, 5) is 26.7. The number of benzene rings is 1. The van der Waals surface area contributed by atoms with Crippen LogP contribution in [-0.4, -0.2) is 38.7 Å². The van der Waals surface area contributed by atoms with Crippen LogP contribution in [0.15, 0.2) is 35.1 Å². The lowest BCUT2D eigenvalue weighted by Crippen LogP contribution is -2.38. The van der Waals surface area contributed by atoms with E-state index in [1.165, 1.54) is 12.1 Å². The van der Waals surface area contributed by atoms with Gasteiger partial charge < -0.3 is 14.8 Å². The highest BCUT2D eigenvalue weighted by molar-refractivity contribution is 5.91. The molecule has 0 saturated carbocycles. The lowest BCUT2D eigenvalue weighted by Gasteiger charge is -2.31. The molecule has 9 heteroatoms. The second-order valence-corrected chi connectivity index (χ2v) is 8.98. The Morgan fingerprint density at radius 1 is 1.14 bits per heavy atom. The fourth-order valence-electron chi connectivity index (χ4n) is 4.76. The molecule has 1 aliphatic rings. The van der Waals surface area contributed by atoms with Gasteiger partial charge in [-0.25, -0.2) is 8.78 Å². The molecular formula is C26H33F2N5O2. The predicted octanol–water partition coefficient (Wildman–Crippen LogP) is 5.11. The van der Waals surface area contributed by atoms with Gasteiger partial charge in [0.25, 0.3) is 12.0 Å². The first-order chi connectivity index (χ1) is 16.2. The van der Waals surface area contributed by atoms with Crippen LogP contribution in [0.25, 0.3) is 10.9 Å². The zero-order valence-corrected chi connectivity index (χ0v) is 19.8. The van der Waals surface area contributed by atoms with Gasteiger partial charge in [0.2, 0.25) is 5.91 Å². The Hall–Kier alpha value is -3.36. The lowest BCUT2D eigenvalue weighted by atomic mass is 9.89. The molecule has 35 heavy (non-hydrogen) atoms. The minimum absolute atomic E-state index is 0. The van der Waals surface area contributed by atoms with Crippen LogP contribution in [-0.2, 0) is 11.8 Å². The molecule has 0 aliphatic carbocycles. The molecule has 1 aliphatic heterocycles. The van der Waals surface area contributed by atoms with Crippen LogP contribution in [0, 0.1) is 6.92 Å². The molecule has 1 aromatic carbocycles. The topological polar surface area (TPSA) is 80.1 Å². The number of aryl methyl sites for hydroxylation is 2. The number of carbonyl (C=O) groups is 1. The van der Waals surface area contributed by atoms with Crippen molar-refractivity contribution in [3.8, 4) is 0 Å². The first-order valence-electron chi connectivity index (χ1n) is 11.4. The molecule has 4 rings (SSSR count). The zero-order chi connectivity index (χ0) is 24.6. The second kappa shape index (κ2) is 10.5. The number of piperidine rings is 1. The van der Waals surface area contributed by atoms with Gasteiger partial charge in [0.05, 0.1) is 17.3 Å². The SMILES string of the molecule is C.CC(=O)N1CCC(c2cc3c(NC(C)c4cccc(C(F)F)c4)nnc(C)c3n(C)c2=O)CC1. The average molecular weight is 486 g/mol. The summed E-state index contributed by atoms with van der Waals surface area (Å²) in [6, 6.07) is 7.87. The fourth-order valence-corrected chi connectivity index (χ4v) is 4.76. The highest BCUT2D eigenvalue weighted by atomic mass is 19.3. The Kier molecular flexibility index (Phi) is 7.87. The van der Waals surface area contributed by atoms with Crippen LogP contribution in [0.1, 0.15) is 74.9 Å². The fraction of sp³-hybridized carbons (Fsp3) is 0.462. The van der Waals surface area contributed by atoms with Crippen LogP contribution in [0.3, 0.4) is 0 Å². The van der Waals surface area contributed by atoms with Crippen molar-refractivity contribution in [2.45, 2.75) is 59.4 Å². The summed E-state index contributed by atoms with van der Waals surface area (Å²) >= 11 is 0. The van der Waals surface area contributed by atoms with E-state index in [1.807, 2.05) is 13.0 Å². The molecule has 0 spiro atoms. The van der Waals surface area contributed by atoms with Crippen molar-refractivity contribution in [3.63, 3.8) is 0 Å². The highest BCUT2D eigenvalue weighted by Crippen LogP contribution is 2.32. The Balaban J connectivity index is 0.00000342. The van der Waals surface area contributed by atoms with Gasteiger partial charge in [0.15, 0.2) is 5.82 Å². The first kappa shape index (κ1) is 26.2. The molecule has 188 valence electrons. The molecule has 3 aromatic rings. The second-order valence-electron chi connectivity index (χ2n) is 8.98. The van der Waals surface area contributed by atoms with Crippen molar-refractivity contribution in [2.75, 3.05) is 18.4 Å². The van der Waals surface area contributed by atoms with E-state index < -0.39 is 6.43 Å². The number of nitrogens with zero attached hydrogens (tertiary/aromatic N) is 4. The summed E-state index contributed by atoms with van der Waals surface area (Å²) in [5.41, 5.74) is 2.60. The predicted molar refractivity (Wildman–Crippen MR) is 134 cm³/mol. The maximum atomic E-state index is 13.2. The van der Waals surface area contributed by atoms with Gasteiger partial charge in [0, 0.05) is 43.6 Å². The summed E-state index contributed by atoms with van der Waals surface area (Å²) in [5, 5.41) is 12.6. The third kappa shape index (κ3) is 5.18. The van der Waals surface area contributed by atoms with Crippen molar-refractivity contribution >= 4 is 22.6 Å². The Labute approximate surface area is 204 Å². The number of aromatic nitrogens is 3. The number of fused-ring (bicyclic) bond motifs is 1. The van der Waals surface area contributed by atoms with Gasteiger partial charge >= 0.3 is 0 Å². The van der Waals surface area contributed by atoms with E-state index >= 15 is 0 Å². The number of rotatable bonds is 5. The molecule has 1 fully saturated rings. The maximum Gasteiger partial charge on any atom is 0.263 e. The van der Waals surface area contributed by atoms with Crippen molar-refractivity contribution in [2.24, 2.45) is 7.05 Å². The Bertz CT molecular complexity index is 1280. The van der Waals surface area contributed by atoms with E-state index in [0.29, 0.717) is 41.2 Å². The van der Waals surface area contributed by atoms with Crippen molar-refractivity contribution in [3.05, 3.63) is 63.1 Å². The standard InChI is InChI=1S/C25H29F2N5O2.CH4/c1-14(18-6-5-7-19(12-18)23(26)27)28-24-21-13-20(17-8-10-32(11-9-17)16(3)33)25(34)31(4)22(21)15(2)29-30-24;/h5-7,12-14,17,23H,8-11H2,1-4H3,(H,28,30);1H4. The van der Waals surface area contributed by atoms with Crippen LogP contribution >= 0.6 is 0 Å². The molecule has 0 bridgehead atoms. The summed E-state index contributed by atoms with van der Waals surface area (Å²) in [7, 11) is 1.73. The third-order valence-electron chi connectivity index (χ3n) is 6.74. The normalized spacial score (nSPS) is 15.2. The summed E-state index contributed by atoms with van der Waals surface area (Å²) in [6.45, 7) is 6.49. The van der Waals surface area contributed by atoms with E-state index in [0.717, 1.165) is 18.2 Å². The van der Waals surface area contributed by atoms with Gasteiger partial charge in [-0.1, -0.05) is 25.6 Å². The molecule has 1 atom stereocenters. The smallest absolute Gasteiger partial charge is 0.263 e. The molecular weight excluding hydrogens is 452 g/mol. The van der Waals surface area contributed by atoms with Crippen molar-refractivity contribution < 1.29 is 13.6 Å². The maximum absolute atomic E-state index is 13.2. The number of halogens is 2. The van der Waals surface area contributed by atoms with E-state index in [-0.39, 0.29) is 36.4 Å². The largest absolute Gasteiger partial charge is 0.361 e. The van der Waals surface area contributed by atoms with Crippen LogP contribution in [0.2, 0.25) is 0 Å². The van der Waals surface area contributed by atoms with Crippen LogP contribution < -0.4 is 10.9 Å². The number of alkyl halides is 2. The molecule has 0 radical (unpaired) electrons. The third-order valence-corrected chi connectivity index (χ3v) is 6.74. The number of pyridine rings is 1. The quantitative estimate of drug-likeness (QED) is 0.543. The molecule has 3 heterocycles. The molecule has 7 nitrogen and oxygen atoms in total. The van der Waals surface area contributed by atoms with Crippen LogP contribution in [0.5, 0.6) is 0 Å². The van der Waals surface area contributed by atoms with Gasteiger partial charge in [-0.2, -0.15) is 5.10 Å². The van der Waals surface area contributed by atoms with E-state index in [9.17, 15) is 18.4 Å². The lowest BCUT2D eigenvalue weighted by molar-refractivity contribution is -0.129. The number of hydrogen-bond donors (Lipinski definition) is 1. The molecule has 1 amide bonds. The highest BCUT2D eigenvalue weighted by Gasteiger charge is 2.26. The zero-order valence-electron chi connectivity index (χ0n) is 19.8. The van der Waals surface area contributed by atoms with Crippen LogP contribution in [0.4, 0.5) is 14.6 Å². The Morgan fingerprint density at radius 2 is 1.80 bits per heavy atom. The average Bonchev–Trinajstić information content (AvgIpc) is 2.82. The number of likely N-dealkylation sites (tertiary alicyclic amines) is 1. The molecule has 1 saturated heterocycles. The van der Waals surface area contributed by atoms with Gasteiger partial charge in [-0.15, -0.1) is 5.10 Å². The summed E-state index contributed by atoms with van der Waals surface area (Å²) in [5.74, 6) is 0.584. The number of hydrogen-bond acceptors (Lipinski definition) is 5. The monoisotopic (exact) mass is 485 g/mol. The van der Waals surface area contributed by atoms with E-state index in [2.05, 4.69) is 15.5 Å². The van der Waals surface area contributed by atoms with E-state index in [1.54, 1.807) is 42.5 Å². The number of anilines is 1. The Morgan fingerprint density at radius 3 is 2.43 bits per heavy atom. The van der Waals surface area contributed by atoms with Gasteiger partial charge in [-0.05, 0) is 50.3 Å². The minimum Gasteiger partial charge on any atom is -0.361 e. The van der Waals surface area contributed by atoms with Crippen molar-refractivity contribution in [1.82, 2.24) is 19.7 Å². The van der Waals surface area contributed by atoms with E-state index in [4.69, 9.17) is 0 Å². The number of nitrogens with one attached hydrogen (secondary N) is 1. The van der Waals surface area contributed by atoms with Gasteiger partial charge in [0.1, 0.15) is 0 Å². The molecule has 1 unspecified atom stereocenters. The summed E-state index contributed by atoms with van der Waals surface area (Å²) in [6.07, 6.45) is -1.10. The molecule has 1 N–H and O–H groups in total. The first-order valence-corrected chi connectivity index (χ1v) is 11.4. The van der Waals surface area contributed by atoms with Crippen molar-refractivity contribution in [1.29, 1.82) is 0 Å².